The van der Waals surface area contributed by atoms with Gasteiger partial charge in [-0.15, -0.1) is 0 Å². The summed E-state index contributed by atoms with van der Waals surface area (Å²) in [5.41, 5.74) is 4.43. The second-order valence-corrected chi connectivity index (χ2v) is 4.41. The van der Waals surface area contributed by atoms with Crippen molar-refractivity contribution in [3.05, 3.63) is 34.4 Å². The average molecular weight is 232 g/mol. The monoisotopic (exact) mass is 232 g/mol. The number of fused-ring (bicyclic) bond motifs is 1. The van der Waals surface area contributed by atoms with Gasteiger partial charge in [0.2, 0.25) is 0 Å². The Hall–Kier alpha value is -1.77. The highest BCUT2D eigenvalue weighted by atomic mass is 16.5. The minimum Gasteiger partial charge on any atom is -0.507 e. The molecule has 0 saturated heterocycles. The maximum absolute atomic E-state index is 11.6. The molecule has 0 fully saturated rings. The van der Waals surface area contributed by atoms with Crippen molar-refractivity contribution in [2.45, 2.75) is 26.7 Å². The Kier molecular flexibility index (Phi) is 2.92. The summed E-state index contributed by atoms with van der Waals surface area (Å²) >= 11 is 0. The minimum absolute atomic E-state index is 0.249. The molecule has 0 saturated carbocycles. The van der Waals surface area contributed by atoms with Crippen molar-refractivity contribution in [3.8, 4) is 5.75 Å². The number of allylic oxidation sites excluding steroid dienone is 1. The first kappa shape index (κ1) is 11.7. The quantitative estimate of drug-likeness (QED) is 0.757. The summed E-state index contributed by atoms with van der Waals surface area (Å²) < 4.78 is 4.76. The van der Waals surface area contributed by atoms with Crippen LogP contribution in [0.3, 0.4) is 0 Å². The van der Waals surface area contributed by atoms with Crippen LogP contribution in [0, 0.1) is 6.92 Å². The number of phenolic OH excluding ortho intramolecular Hbond substituents is 1. The fourth-order valence-corrected chi connectivity index (χ4v) is 2.45. The fourth-order valence-electron chi connectivity index (χ4n) is 2.45. The molecule has 1 N–H and O–H groups in total. The number of hydrogen-bond donors (Lipinski definition) is 1. The second kappa shape index (κ2) is 4.24. The first-order valence-electron chi connectivity index (χ1n) is 5.65. The van der Waals surface area contributed by atoms with Crippen LogP contribution in [0.5, 0.6) is 5.75 Å². The molecular weight excluding hydrogens is 216 g/mol. The second-order valence-electron chi connectivity index (χ2n) is 4.41. The Morgan fingerprint density at radius 3 is 2.65 bits per heavy atom. The number of aromatic hydroxyl groups is 1. The Balaban J connectivity index is 2.60. The third-order valence-corrected chi connectivity index (χ3v) is 3.25. The van der Waals surface area contributed by atoms with Crippen LogP contribution in [0.15, 0.2) is 17.7 Å². The summed E-state index contributed by atoms with van der Waals surface area (Å²) in [6.07, 6.45) is 1.45. The minimum atomic E-state index is -0.298. The molecule has 0 amide bonds. The summed E-state index contributed by atoms with van der Waals surface area (Å²) in [6, 6.07) is 3.79. The highest BCUT2D eigenvalue weighted by Crippen LogP contribution is 2.37. The van der Waals surface area contributed by atoms with Gasteiger partial charge in [0.05, 0.1) is 7.11 Å². The van der Waals surface area contributed by atoms with E-state index in [-0.39, 0.29) is 11.7 Å². The van der Waals surface area contributed by atoms with Crippen molar-refractivity contribution in [1.82, 2.24) is 0 Å². The Bertz CT molecular complexity index is 512. The lowest BCUT2D eigenvalue weighted by Crippen LogP contribution is -2.13. The van der Waals surface area contributed by atoms with E-state index in [0.29, 0.717) is 12.0 Å². The highest BCUT2D eigenvalue weighted by Gasteiger charge is 2.23. The van der Waals surface area contributed by atoms with Gasteiger partial charge in [-0.25, -0.2) is 4.79 Å². The van der Waals surface area contributed by atoms with Crippen molar-refractivity contribution < 1.29 is 14.6 Å². The van der Waals surface area contributed by atoms with Crippen LogP contribution in [0.4, 0.5) is 0 Å². The van der Waals surface area contributed by atoms with Gasteiger partial charge in [0, 0.05) is 11.1 Å². The lowest BCUT2D eigenvalue weighted by Gasteiger charge is -2.21. The summed E-state index contributed by atoms with van der Waals surface area (Å²) in [6.45, 7) is 3.81. The van der Waals surface area contributed by atoms with Gasteiger partial charge in [0.1, 0.15) is 5.75 Å². The van der Waals surface area contributed by atoms with Crippen molar-refractivity contribution in [2.24, 2.45) is 0 Å². The number of ether oxygens (including phenoxy) is 1. The van der Waals surface area contributed by atoms with Gasteiger partial charge in [-0.1, -0.05) is 6.07 Å². The third kappa shape index (κ3) is 1.93. The molecule has 0 unspecified atom stereocenters. The molecule has 0 bridgehead atoms. The first-order chi connectivity index (χ1) is 8.04. The number of hydrogen-bond acceptors (Lipinski definition) is 3. The van der Waals surface area contributed by atoms with E-state index in [4.69, 9.17) is 4.74 Å². The summed E-state index contributed by atoms with van der Waals surface area (Å²) in [7, 11) is 1.38. The molecule has 1 aromatic carbocycles. The van der Waals surface area contributed by atoms with Gasteiger partial charge in [0.15, 0.2) is 0 Å². The molecule has 1 aliphatic carbocycles. The van der Waals surface area contributed by atoms with Gasteiger partial charge in [-0.05, 0) is 49.5 Å². The maximum atomic E-state index is 11.6. The molecule has 1 aromatic rings. The lowest BCUT2D eigenvalue weighted by molar-refractivity contribution is -0.136. The number of esters is 1. The number of carbonyl (C=O) groups excluding carboxylic acids is 1. The molecule has 0 aromatic heterocycles. The molecule has 90 valence electrons. The van der Waals surface area contributed by atoms with Crippen LogP contribution < -0.4 is 0 Å². The number of methoxy groups -OCH3 is 1. The number of aryl methyl sites for hydroxylation is 2. The van der Waals surface area contributed by atoms with Crippen molar-refractivity contribution >= 4 is 11.5 Å². The lowest BCUT2D eigenvalue weighted by atomic mass is 9.85. The molecule has 2 rings (SSSR count). The van der Waals surface area contributed by atoms with Crippen LogP contribution >= 0.6 is 0 Å². The fraction of sp³-hybridized carbons (Fsp3) is 0.357. The van der Waals surface area contributed by atoms with Crippen molar-refractivity contribution in [2.75, 3.05) is 7.11 Å². The largest absolute Gasteiger partial charge is 0.507 e. The van der Waals surface area contributed by atoms with E-state index < -0.39 is 0 Å². The van der Waals surface area contributed by atoms with Crippen LogP contribution in [-0.2, 0) is 16.0 Å². The predicted octanol–water partition coefficient (Wildman–Crippen LogP) is 2.59. The van der Waals surface area contributed by atoms with Crippen molar-refractivity contribution in [1.29, 1.82) is 0 Å². The van der Waals surface area contributed by atoms with Crippen LogP contribution in [0.25, 0.3) is 5.57 Å². The Morgan fingerprint density at radius 2 is 2.00 bits per heavy atom. The molecular formula is C14H16O3. The smallest absolute Gasteiger partial charge is 0.334 e. The normalized spacial score (nSPS) is 14.5. The Morgan fingerprint density at radius 1 is 1.29 bits per heavy atom. The molecule has 3 nitrogen and oxygen atoms in total. The summed E-state index contributed by atoms with van der Waals surface area (Å²) in [5.74, 6) is -0.0493. The van der Waals surface area contributed by atoms with E-state index >= 15 is 0 Å². The molecule has 0 aliphatic heterocycles. The van der Waals surface area contributed by atoms with Gasteiger partial charge >= 0.3 is 5.97 Å². The third-order valence-electron chi connectivity index (χ3n) is 3.25. The average Bonchev–Trinajstić information content (AvgIpc) is 2.27. The number of rotatable bonds is 1. The summed E-state index contributed by atoms with van der Waals surface area (Å²) in [5, 5.41) is 9.99. The summed E-state index contributed by atoms with van der Waals surface area (Å²) in [4.78, 5) is 11.6. The van der Waals surface area contributed by atoms with E-state index in [1.807, 2.05) is 13.8 Å². The van der Waals surface area contributed by atoms with E-state index in [9.17, 15) is 9.90 Å². The van der Waals surface area contributed by atoms with Gasteiger partial charge < -0.3 is 9.84 Å². The number of benzene rings is 1. The molecule has 0 heterocycles. The van der Waals surface area contributed by atoms with Gasteiger partial charge in [0.25, 0.3) is 0 Å². The molecule has 0 radical (unpaired) electrons. The van der Waals surface area contributed by atoms with Gasteiger partial charge in [-0.2, -0.15) is 0 Å². The van der Waals surface area contributed by atoms with E-state index in [0.717, 1.165) is 28.7 Å². The number of carbonyl (C=O) groups is 1. The predicted molar refractivity (Wildman–Crippen MR) is 65.8 cm³/mol. The van der Waals surface area contributed by atoms with Crippen molar-refractivity contribution in [3.63, 3.8) is 0 Å². The molecule has 17 heavy (non-hydrogen) atoms. The zero-order chi connectivity index (χ0) is 12.6. The maximum Gasteiger partial charge on any atom is 0.334 e. The zero-order valence-corrected chi connectivity index (χ0v) is 10.3. The number of phenols is 1. The standard InChI is InChI=1S/C14H16O3/c1-8-6-10-4-5-11(14(16)17-3)9(2)13(10)12(15)7-8/h6-7,15H,4-5H2,1-3H3. The molecule has 3 heteroatoms. The first-order valence-corrected chi connectivity index (χ1v) is 5.65. The Labute approximate surface area is 101 Å². The van der Waals surface area contributed by atoms with Crippen LogP contribution in [0.1, 0.15) is 30.0 Å². The van der Waals surface area contributed by atoms with E-state index in [2.05, 4.69) is 6.07 Å². The van der Waals surface area contributed by atoms with E-state index in [1.165, 1.54) is 7.11 Å². The molecule has 0 spiro atoms. The van der Waals surface area contributed by atoms with Crippen LogP contribution in [-0.4, -0.2) is 18.2 Å². The zero-order valence-electron chi connectivity index (χ0n) is 10.3. The molecule has 1 aliphatic rings. The van der Waals surface area contributed by atoms with Gasteiger partial charge in [-0.3, -0.25) is 0 Å². The molecule has 0 atom stereocenters. The topological polar surface area (TPSA) is 46.5 Å². The van der Waals surface area contributed by atoms with Crippen LogP contribution in [0.2, 0.25) is 0 Å². The SMILES string of the molecule is COC(=O)C1=C(C)c2c(O)cc(C)cc2CC1. The van der Waals surface area contributed by atoms with E-state index in [1.54, 1.807) is 6.07 Å². The highest BCUT2D eigenvalue weighted by molar-refractivity contribution is 5.99.